The van der Waals surface area contributed by atoms with Crippen LogP contribution in [-0.2, 0) is 16.4 Å². The van der Waals surface area contributed by atoms with E-state index in [2.05, 4.69) is 15.0 Å². The van der Waals surface area contributed by atoms with E-state index in [1.165, 1.54) is 41.3 Å². The number of carbonyl (C=O) groups is 2. The molecule has 4 aromatic rings. The van der Waals surface area contributed by atoms with Gasteiger partial charge in [-0.15, -0.1) is 13.2 Å². The number of likely N-dealkylation sites (tertiary alicyclic amines) is 2. The van der Waals surface area contributed by atoms with E-state index >= 15 is 4.39 Å². The summed E-state index contributed by atoms with van der Waals surface area (Å²) in [7, 11) is -3.37. The van der Waals surface area contributed by atoms with Crippen LogP contribution in [0.5, 0.6) is 11.5 Å². The van der Waals surface area contributed by atoms with Gasteiger partial charge in [-0.1, -0.05) is 12.1 Å². The summed E-state index contributed by atoms with van der Waals surface area (Å²) in [4.78, 5) is 30.0. The Kier molecular flexibility index (Phi) is 10.1. The van der Waals surface area contributed by atoms with Crippen molar-refractivity contribution in [2.24, 2.45) is 0 Å². The van der Waals surface area contributed by atoms with Crippen molar-refractivity contribution in [1.82, 2.24) is 15.1 Å². The Balaban J connectivity index is 0.985. The molecule has 15 heteroatoms. The molecular weight excluding hydrogens is 682 g/mol. The molecule has 2 aliphatic heterocycles. The maximum Gasteiger partial charge on any atom is 0.573 e. The van der Waals surface area contributed by atoms with Gasteiger partial charge in [0.05, 0.1) is 11.4 Å². The number of benzene rings is 3. The monoisotopic (exact) mass is 717 g/mol. The van der Waals surface area contributed by atoms with Crippen molar-refractivity contribution in [2.75, 3.05) is 32.4 Å². The number of sulfone groups is 1. The zero-order valence-corrected chi connectivity index (χ0v) is 27.8. The average molecular weight is 718 g/mol. The Labute approximate surface area is 285 Å². The van der Waals surface area contributed by atoms with Crippen LogP contribution in [0.1, 0.15) is 45.7 Å². The van der Waals surface area contributed by atoms with Gasteiger partial charge in [-0.25, -0.2) is 12.8 Å². The topological polar surface area (TPSA) is 118 Å². The molecule has 50 heavy (non-hydrogen) atoms. The van der Waals surface area contributed by atoms with Gasteiger partial charge in [-0.3, -0.25) is 14.5 Å². The molecule has 2 atom stereocenters. The number of ether oxygens (including phenoxy) is 2. The zero-order valence-electron chi connectivity index (χ0n) is 27.0. The number of nitrogens with zero attached hydrogens (tertiary/aromatic N) is 2. The van der Waals surface area contributed by atoms with E-state index in [4.69, 9.17) is 9.15 Å². The Morgan fingerprint density at radius 1 is 0.920 bits per heavy atom. The van der Waals surface area contributed by atoms with Crippen LogP contribution in [-0.4, -0.2) is 87.1 Å². The quantitative estimate of drug-likeness (QED) is 0.217. The van der Waals surface area contributed by atoms with Crippen molar-refractivity contribution in [1.29, 1.82) is 0 Å². The van der Waals surface area contributed by atoms with Crippen LogP contribution in [0, 0.1) is 0 Å². The van der Waals surface area contributed by atoms with Crippen LogP contribution < -0.4 is 14.8 Å². The number of furan rings is 1. The van der Waals surface area contributed by atoms with Gasteiger partial charge in [0.1, 0.15) is 23.2 Å². The first-order valence-electron chi connectivity index (χ1n) is 16.0. The fraction of sp³-hybridized carbons (Fsp3) is 0.371. The number of halogens is 4. The smallest absolute Gasteiger partial charge is 0.487 e. The first-order chi connectivity index (χ1) is 23.7. The van der Waals surface area contributed by atoms with E-state index < -0.39 is 28.5 Å². The van der Waals surface area contributed by atoms with Crippen molar-refractivity contribution in [3.63, 3.8) is 0 Å². The van der Waals surface area contributed by atoms with Gasteiger partial charge < -0.3 is 24.1 Å². The molecule has 10 nitrogen and oxygen atoms in total. The molecule has 2 aliphatic rings. The van der Waals surface area contributed by atoms with E-state index in [0.717, 1.165) is 11.8 Å². The molecular formula is C35H35F4N3O7S. The molecule has 0 unspecified atom stereocenters. The fourth-order valence-corrected chi connectivity index (χ4v) is 6.79. The molecule has 0 radical (unpaired) electrons. The number of piperidine rings is 2. The van der Waals surface area contributed by atoms with Gasteiger partial charge >= 0.3 is 6.36 Å². The van der Waals surface area contributed by atoms with E-state index in [9.17, 15) is 31.2 Å². The number of amides is 2. The van der Waals surface area contributed by atoms with Crippen LogP contribution in [0.3, 0.4) is 0 Å². The molecule has 2 saturated heterocycles. The molecule has 2 amide bonds. The molecule has 0 aliphatic carbocycles. The van der Waals surface area contributed by atoms with Crippen LogP contribution in [0.4, 0.5) is 17.6 Å². The Bertz CT molecular complexity index is 1940. The van der Waals surface area contributed by atoms with Gasteiger partial charge in [-0.05, 0) is 79.1 Å². The maximum atomic E-state index is 15.1. The summed E-state index contributed by atoms with van der Waals surface area (Å²) in [5.74, 6) is -0.588. The SMILES string of the molecule is CS(=O)(=O)c1ccc(O[C@H]2CCN(C(=O)c3ccc4oc(C(=O)NC5CCN(Cc6ccc(OC(F)(F)F)cc6)CC5)cc4c3)C[C@@H]2F)cc1. The second-order valence-electron chi connectivity index (χ2n) is 12.5. The fourth-order valence-electron chi connectivity index (χ4n) is 6.16. The Morgan fingerprint density at radius 2 is 1.60 bits per heavy atom. The predicted octanol–water partition coefficient (Wildman–Crippen LogP) is 5.76. The van der Waals surface area contributed by atoms with E-state index in [1.807, 2.05) is 0 Å². The highest BCUT2D eigenvalue weighted by atomic mass is 32.2. The first-order valence-corrected chi connectivity index (χ1v) is 17.9. The summed E-state index contributed by atoms with van der Waals surface area (Å²) in [6, 6.07) is 17.8. The van der Waals surface area contributed by atoms with Crippen molar-refractivity contribution in [3.05, 3.63) is 89.7 Å². The maximum absolute atomic E-state index is 15.1. The molecule has 1 aromatic heterocycles. The first kappa shape index (κ1) is 35.2. The van der Waals surface area contributed by atoms with Crippen LogP contribution >= 0.6 is 0 Å². The molecule has 0 saturated carbocycles. The third-order valence-electron chi connectivity index (χ3n) is 8.78. The van der Waals surface area contributed by atoms with Gasteiger partial charge in [0, 0.05) is 55.8 Å². The largest absolute Gasteiger partial charge is 0.573 e. The molecule has 266 valence electrons. The zero-order chi connectivity index (χ0) is 35.6. The summed E-state index contributed by atoms with van der Waals surface area (Å²) < 4.78 is 91.2. The van der Waals surface area contributed by atoms with Crippen molar-refractivity contribution >= 4 is 32.6 Å². The van der Waals surface area contributed by atoms with Gasteiger partial charge in [0.15, 0.2) is 21.8 Å². The Hall–Kier alpha value is -4.63. The highest BCUT2D eigenvalue weighted by Gasteiger charge is 2.34. The molecule has 3 heterocycles. The molecule has 3 aromatic carbocycles. The summed E-state index contributed by atoms with van der Waals surface area (Å²) in [6.07, 6.45) is -4.31. The van der Waals surface area contributed by atoms with Crippen molar-refractivity contribution in [2.45, 2.75) is 55.4 Å². The molecule has 2 fully saturated rings. The lowest BCUT2D eigenvalue weighted by atomic mass is 10.0. The highest BCUT2D eigenvalue weighted by molar-refractivity contribution is 7.90. The summed E-state index contributed by atoms with van der Waals surface area (Å²) in [5, 5.41) is 3.55. The number of alkyl halides is 4. The minimum atomic E-state index is -4.74. The average Bonchev–Trinajstić information content (AvgIpc) is 3.50. The molecule has 0 spiro atoms. The van der Waals surface area contributed by atoms with Crippen LogP contribution in [0.15, 0.2) is 82.1 Å². The van der Waals surface area contributed by atoms with E-state index in [1.54, 1.807) is 36.4 Å². The lowest BCUT2D eigenvalue weighted by Gasteiger charge is -2.34. The molecule has 6 rings (SSSR count). The predicted molar refractivity (Wildman–Crippen MR) is 174 cm³/mol. The number of hydrogen-bond acceptors (Lipinski definition) is 8. The summed E-state index contributed by atoms with van der Waals surface area (Å²) >= 11 is 0. The molecule has 1 N–H and O–H groups in total. The third kappa shape index (κ3) is 8.74. The lowest BCUT2D eigenvalue weighted by molar-refractivity contribution is -0.274. The Morgan fingerprint density at radius 3 is 2.24 bits per heavy atom. The lowest BCUT2D eigenvalue weighted by Crippen LogP contribution is -2.49. The minimum Gasteiger partial charge on any atom is -0.487 e. The standard InChI is InChI=1S/C35H35F4N3O7S/c1-50(45,46)28-9-7-26(8-10-28)47-31-14-17-42(21-29(31)36)34(44)23-4-11-30-24(18-23)19-32(48-30)33(43)40-25-12-15-41(16-13-25)20-22-2-5-27(6-3-22)49-35(37,38)39/h2-11,18-19,25,29,31H,12-17,20-21H2,1H3,(H,40,43)/t29-,31-/m0/s1. The highest BCUT2D eigenvalue weighted by Crippen LogP contribution is 2.27. The third-order valence-corrected chi connectivity index (χ3v) is 9.91. The normalized spacial score (nSPS) is 19.3. The van der Waals surface area contributed by atoms with Gasteiger partial charge in [-0.2, -0.15) is 0 Å². The van der Waals surface area contributed by atoms with Crippen LogP contribution in [0.2, 0.25) is 0 Å². The summed E-state index contributed by atoms with van der Waals surface area (Å²) in [6.45, 7) is 1.99. The molecule has 0 bridgehead atoms. The van der Waals surface area contributed by atoms with Gasteiger partial charge in [0.2, 0.25) is 0 Å². The number of rotatable bonds is 9. The summed E-state index contributed by atoms with van der Waals surface area (Å²) in [5.41, 5.74) is 1.59. The number of fused-ring (bicyclic) bond motifs is 1. The van der Waals surface area contributed by atoms with Crippen LogP contribution in [0.25, 0.3) is 11.0 Å². The number of carbonyl (C=O) groups excluding carboxylic acids is 2. The van der Waals surface area contributed by atoms with E-state index in [0.29, 0.717) is 54.8 Å². The number of hydrogen-bond donors (Lipinski definition) is 1. The minimum absolute atomic E-state index is 0.0968. The number of nitrogens with one attached hydrogen (secondary N) is 1. The van der Waals surface area contributed by atoms with Crippen molar-refractivity contribution in [3.8, 4) is 11.5 Å². The van der Waals surface area contributed by atoms with Gasteiger partial charge in [0.25, 0.3) is 11.8 Å². The van der Waals surface area contributed by atoms with E-state index in [-0.39, 0.29) is 53.8 Å². The van der Waals surface area contributed by atoms with Crippen molar-refractivity contribution < 1.29 is 49.5 Å². The second-order valence-corrected chi connectivity index (χ2v) is 14.6. The second kappa shape index (κ2) is 14.3.